The summed E-state index contributed by atoms with van der Waals surface area (Å²) in [6, 6.07) is 16.0. The zero-order valence-corrected chi connectivity index (χ0v) is 17.4. The van der Waals surface area contributed by atoms with Crippen molar-refractivity contribution in [1.29, 1.82) is 0 Å². The lowest BCUT2D eigenvalue weighted by Gasteiger charge is -2.27. The normalized spacial score (nSPS) is 22.7. The van der Waals surface area contributed by atoms with Crippen LogP contribution < -0.4 is 10.2 Å². The number of amides is 3. The van der Waals surface area contributed by atoms with Gasteiger partial charge in [-0.15, -0.1) is 0 Å². The van der Waals surface area contributed by atoms with Crippen molar-refractivity contribution in [3.8, 4) is 0 Å². The maximum atomic E-state index is 13.2. The van der Waals surface area contributed by atoms with E-state index in [0.29, 0.717) is 36.7 Å². The third-order valence-electron chi connectivity index (χ3n) is 6.05. The van der Waals surface area contributed by atoms with Crippen molar-refractivity contribution in [1.82, 2.24) is 4.90 Å². The predicted molar refractivity (Wildman–Crippen MR) is 116 cm³/mol. The van der Waals surface area contributed by atoms with E-state index in [1.165, 1.54) is 0 Å². The van der Waals surface area contributed by atoms with Crippen molar-refractivity contribution < 1.29 is 14.4 Å². The molecule has 2 fully saturated rings. The zero-order chi connectivity index (χ0) is 21.3. The number of hydrogen-bond acceptors (Lipinski definition) is 3. The fourth-order valence-corrected chi connectivity index (χ4v) is 4.14. The van der Waals surface area contributed by atoms with E-state index >= 15 is 0 Å². The molecule has 4 rings (SSSR count). The average molecular weight is 405 g/mol. The Morgan fingerprint density at radius 1 is 1.13 bits per heavy atom. The zero-order valence-electron chi connectivity index (χ0n) is 17.4. The van der Waals surface area contributed by atoms with Gasteiger partial charge in [0, 0.05) is 35.9 Å². The summed E-state index contributed by atoms with van der Waals surface area (Å²) in [5.41, 5.74) is 1.95. The number of carbonyl (C=O) groups is 3. The van der Waals surface area contributed by atoms with E-state index in [1.54, 1.807) is 34.1 Å². The molecule has 6 nitrogen and oxygen atoms in total. The summed E-state index contributed by atoms with van der Waals surface area (Å²) in [5.74, 6) is 0.247. The average Bonchev–Trinajstić information content (AvgIpc) is 3.39. The third-order valence-corrected chi connectivity index (χ3v) is 6.05. The van der Waals surface area contributed by atoms with E-state index < -0.39 is 6.04 Å². The van der Waals surface area contributed by atoms with E-state index in [9.17, 15) is 14.4 Å². The number of para-hydroxylation sites is 1. The van der Waals surface area contributed by atoms with Crippen molar-refractivity contribution in [2.24, 2.45) is 11.8 Å². The Morgan fingerprint density at radius 2 is 1.87 bits per heavy atom. The van der Waals surface area contributed by atoms with Crippen LogP contribution in [-0.4, -0.2) is 41.8 Å². The summed E-state index contributed by atoms with van der Waals surface area (Å²) in [4.78, 5) is 41.9. The summed E-state index contributed by atoms with van der Waals surface area (Å²) in [6.07, 6.45) is 1.51. The summed E-state index contributed by atoms with van der Waals surface area (Å²) in [7, 11) is 0. The summed E-state index contributed by atoms with van der Waals surface area (Å²) < 4.78 is 0. The van der Waals surface area contributed by atoms with Crippen LogP contribution in [0.1, 0.15) is 37.0 Å². The van der Waals surface area contributed by atoms with Crippen molar-refractivity contribution in [3.63, 3.8) is 0 Å². The van der Waals surface area contributed by atoms with Gasteiger partial charge in [-0.25, -0.2) is 0 Å². The van der Waals surface area contributed by atoms with Gasteiger partial charge in [0.15, 0.2) is 0 Å². The first-order valence-corrected chi connectivity index (χ1v) is 10.6. The molecule has 0 radical (unpaired) electrons. The molecule has 1 N–H and O–H groups in total. The first-order chi connectivity index (χ1) is 14.5. The highest BCUT2D eigenvalue weighted by molar-refractivity contribution is 6.04. The molecule has 1 saturated heterocycles. The SMILES string of the molecule is CCN(C(=O)c1cccc(NC(=O)[C@@H]2C[C@@H]2C)c1)[C@@H]1CCN(c2ccccc2)C1=O. The third kappa shape index (κ3) is 3.95. The minimum atomic E-state index is -0.478. The molecule has 1 aliphatic heterocycles. The topological polar surface area (TPSA) is 69.7 Å². The molecule has 6 heteroatoms. The Labute approximate surface area is 176 Å². The van der Waals surface area contributed by atoms with Crippen LogP contribution in [0.25, 0.3) is 0 Å². The van der Waals surface area contributed by atoms with E-state index in [4.69, 9.17) is 0 Å². The van der Waals surface area contributed by atoms with Crippen molar-refractivity contribution >= 4 is 29.1 Å². The monoisotopic (exact) mass is 405 g/mol. The number of nitrogens with zero attached hydrogens (tertiary/aromatic N) is 2. The molecule has 3 amide bonds. The smallest absolute Gasteiger partial charge is 0.254 e. The van der Waals surface area contributed by atoms with Gasteiger partial charge >= 0.3 is 0 Å². The van der Waals surface area contributed by atoms with E-state index in [2.05, 4.69) is 12.2 Å². The molecule has 1 saturated carbocycles. The molecule has 0 unspecified atom stereocenters. The van der Waals surface area contributed by atoms with Gasteiger partial charge in [-0.1, -0.05) is 31.2 Å². The number of carbonyl (C=O) groups excluding carboxylic acids is 3. The van der Waals surface area contributed by atoms with Gasteiger partial charge in [0.05, 0.1) is 0 Å². The minimum Gasteiger partial charge on any atom is -0.327 e. The van der Waals surface area contributed by atoms with Crippen LogP contribution in [0, 0.1) is 11.8 Å². The first kappa shape index (κ1) is 20.1. The van der Waals surface area contributed by atoms with E-state index in [0.717, 1.165) is 12.1 Å². The molecule has 1 heterocycles. The molecule has 3 atom stereocenters. The lowest BCUT2D eigenvalue weighted by Crippen LogP contribution is -2.45. The fourth-order valence-electron chi connectivity index (χ4n) is 4.14. The van der Waals surface area contributed by atoms with Crippen LogP contribution in [0.15, 0.2) is 54.6 Å². The molecule has 2 aliphatic rings. The predicted octanol–water partition coefficient (Wildman–Crippen LogP) is 3.55. The molecule has 2 aromatic rings. The van der Waals surface area contributed by atoms with Crippen LogP contribution in [0.2, 0.25) is 0 Å². The summed E-state index contributed by atoms with van der Waals surface area (Å²) in [6.45, 7) is 4.97. The van der Waals surface area contributed by atoms with Gasteiger partial charge in [0.1, 0.15) is 6.04 Å². The molecule has 0 aromatic heterocycles. The van der Waals surface area contributed by atoms with Crippen LogP contribution in [0.4, 0.5) is 11.4 Å². The second-order valence-electron chi connectivity index (χ2n) is 8.11. The van der Waals surface area contributed by atoms with Crippen molar-refractivity contribution in [3.05, 3.63) is 60.2 Å². The Kier molecular flexibility index (Phi) is 5.57. The summed E-state index contributed by atoms with van der Waals surface area (Å²) >= 11 is 0. The second kappa shape index (κ2) is 8.30. The number of hydrogen-bond donors (Lipinski definition) is 1. The maximum absolute atomic E-state index is 13.2. The van der Waals surface area contributed by atoms with Crippen molar-refractivity contribution in [2.45, 2.75) is 32.7 Å². The Morgan fingerprint density at radius 3 is 2.53 bits per heavy atom. The Balaban J connectivity index is 1.48. The lowest BCUT2D eigenvalue weighted by molar-refractivity contribution is -0.121. The van der Waals surface area contributed by atoms with Crippen molar-refractivity contribution in [2.75, 3.05) is 23.3 Å². The molecular weight excluding hydrogens is 378 g/mol. The fraction of sp³-hybridized carbons (Fsp3) is 0.375. The van der Waals surface area contributed by atoms with Gasteiger partial charge in [-0.3, -0.25) is 14.4 Å². The largest absolute Gasteiger partial charge is 0.327 e. The summed E-state index contributed by atoms with van der Waals surface area (Å²) in [5, 5.41) is 2.91. The molecule has 0 spiro atoms. The standard InChI is InChI=1S/C24H27N3O3/c1-3-26(21-12-13-27(24(21)30)19-10-5-4-6-11-19)23(29)17-8-7-9-18(15-17)25-22(28)20-14-16(20)2/h4-11,15-16,20-21H,3,12-14H2,1-2H3,(H,25,28)/t16-,20+,21+/m0/s1. The van der Waals surface area contributed by atoms with E-state index in [1.807, 2.05) is 37.3 Å². The minimum absolute atomic E-state index is 0.00363. The van der Waals surface area contributed by atoms with E-state index in [-0.39, 0.29) is 23.6 Å². The Hall–Kier alpha value is -3.15. The van der Waals surface area contributed by atoms with Gasteiger partial charge < -0.3 is 15.1 Å². The Bertz CT molecular complexity index is 959. The second-order valence-corrected chi connectivity index (χ2v) is 8.11. The first-order valence-electron chi connectivity index (χ1n) is 10.6. The molecule has 156 valence electrons. The molecule has 0 bridgehead atoms. The highest BCUT2D eigenvalue weighted by Gasteiger charge is 2.40. The molecule has 2 aromatic carbocycles. The van der Waals surface area contributed by atoms with Gasteiger partial charge in [-0.2, -0.15) is 0 Å². The molecule has 30 heavy (non-hydrogen) atoms. The molecular formula is C24H27N3O3. The number of likely N-dealkylation sites (N-methyl/N-ethyl adjacent to an activating group) is 1. The number of anilines is 2. The maximum Gasteiger partial charge on any atom is 0.254 e. The van der Waals surface area contributed by atoms with Crippen LogP contribution in [0.3, 0.4) is 0 Å². The van der Waals surface area contributed by atoms with Gasteiger partial charge in [0.25, 0.3) is 5.91 Å². The number of rotatable bonds is 6. The number of benzene rings is 2. The highest BCUT2D eigenvalue weighted by Crippen LogP contribution is 2.38. The van der Waals surface area contributed by atoms with Crippen LogP contribution in [-0.2, 0) is 9.59 Å². The van der Waals surface area contributed by atoms with Gasteiger partial charge in [0.2, 0.25) is 11.8 Å². The number of nitrogens with one attached hydrogen (secondary N) is 1. The van der Waals surface area contributed by atoms with Crippen LogP contribution >= 0.6 is 0 Å². The quantitative estimate of drug-likeness (QED) is 0.799. The molecule has 1 aliphatic carbocycles. The lowest BCUT2D eigenvalue weighted by atomic mass is 10.1. The highest BCUT2D eigenvalue weighted by atomic mass is 16.2. The van der Waals surface area contributed by atoms with Crippen LogP contribution in [0.5, 0.6) is 0 Å². The van der Waals surface area contributed by atoms with Gasteiger partial charge in [-0.05, 0) is 56.0 Å².